The van der Waals surface area contributed by atoms with E-state index in [4.69, 9.17) is 4.74 Å². The molecule has 0 spiro atoms. The normalized spacial score (nSPS) is 18.2. The Morgan fingerprint density at radius 1 is 0.917 bits per heavy atom. The Hall–Kier alpha value is -0.370. The van der Waals surface area contributed by atoms with Crippen molar-refractivity contribution in [1.82, 2.24) is 0 Å². The standard InChI is InChI=1S/C4H8O.C3H6O.C3H6/c1-2-4-5-3-1;1-3(2)4;1-2-3-1/h1-4H2;1-2H3;1-3H2. The highest BCUT2D eigenvalue weighted by Gasteiger charge is 1.95. The first-order chi connectivity index (χ1) is 5.73. The van der Waals surface area contributed by atoms with Gasteiger partial charge in [0.2, 0.25) is 0 Å². The van der Waals surface area contributed by atoms with Gasteiger partial charge in [0.1, 0.15) is 5.78 Å². The Kier molecular flexibility index (Phi) is 8.46. The van der Waals surface area contributed by atoms with Crippen LogP contribution in [0.2, 0.25) is 0 Å². The van der Waals surface area contributed by atoms with Crippen LogP contribution in [0.4, 0.5) is 0 Å². The quantitative estimate of drug-likeness (QED) is 0.561. The predicted octanol–water partition coefficient (Wildman–Crippen LogP) is 2.56. The van der Waals surface area contributed by atoms with Gasteiger partial charge in [-0.1, -0.05) is 19.3 Å². The summed E-state index contributed by atoms with van der Waals surface area (Å²) >= 11 is 0. The first kappa shape index (κ1) is 11.6. The Bertz CT molecular complexity index is 90.0. The van der Waals surface area contributed by atoms with E-state index < -0.39 is 0 Å². The van der Waals surface area contributed by atoms with Crippen LogP contribution in [0.25, 0.3) is 0 Å². The van der Waals surface area contributed by atoms with Crippen molar-refractivity contribution in [2.75, 3.05) is 13.2 Å². The summed E-state index contributed by atoms with van der Waals surface area (Å²) in [6.07, 6.45) is 7.06. The molecule has 1 heterocycles. The van der Waals surface area contributed by atoms with E-state index in [9.17, 15) is 4.79 Å². The lowest BCUT2D eigenvalue weighted by atomic mass is 10.4. The van der Waals surface area contributed by atoms with Gasteiger partial charge in [-0.05, 0) is 26.7 Å². The van der Waals surface area contributed by atoms with E-state index in [1.807, 2.05) is 0 Å². The molecule has 2 heteroatoms. The SMILES string of the molecule is C1CC1.C1CCOC1.CC(C)=O. The number of Topliss-reactive ketones (excluding diaryl/α,β-unsaturated/α-hetero) is 1. The average Bonchev–Trinajstić information content (AvgIpc) is 2.73. The van der Waals surface area contributed by atoms with Crippen LogP contribution in [0.15, 0.2) is 0 Å². The third-order valence-electron chi connectivity index (χ3n) is 1.18. The molecule has 0 radical (unpaired) electrons. The van der Waals surface area contributed by atoms with Crippen molar-refractivity contribution in [3.05, 3.63) is 0 Å². The number of ketones is 1. The largest absolute Gasteiger partial charge is 0.381 e. The first-order valence-electron chi connectivity index (χ1n) is 4.78. The third-order valence-corrected chi connectivity index (χ3v) is 1.18. The van der Waals surface area contributed by atoms with E-state index in [1.54, 1.807) is 0 Å². The minimum Gasteiger partial charge on any atom is -0.381 e. The van der Waals surface area contributed by atoms with Gasteiger partial charge in [0.05, 0.1) is 0 Å². The van der Waals surface area contributed by atoms with E-state index in [2.05, 4.69) is 0 Å². The maximum Gasteiger partial charge on any atom is 0.126 e. The summed E-state index contributed by atoms with van der Waals surface area (Å²) in [5.74, 6) is 0.167. The highest BCUT2D eigenvalue weighted by Crippen LogP contribution is 2.14. The van der Waals surface area contributed by atoms with Gasteiger partial charge in [0.15, 0.2) is 0 Å². The van der Waals surface area contributed by atoms with Crippen molar-refractivity contribution in [2.45, 2.75) is 46.0 Å². The number of hydrogen-bond donors (Lipinski definition) is 0. The highest BCUT2D eigenvalue weighted by atomic mass is 16.5. The molecule has 0 atom stereocenters. The van der Waals surface area contributed by atoms with Gasteiger partial charge in [-0.15, -0.1) is 0 Å². The molecule has 12 heavy (non-hydrogen) atoms. The van der Waals surface area contributed by atoms with Crippen molar-refractivity contribution >= 4 is 5.78 Å². The van der Waals surface area contributed by atoms with Gasteiger partial charge in [-0.2, -0.15) is 0 Å². The number of hydrogen-bond acceptors (Lipinski definition) is 2. The second-order valence-electron chi connectivity index (χ2n) is 3.29. The molecule has 1 saturated heterocycles. The molecule has 2 rings (SSSR count). The lowest BCUT2D eigenvalue weighted by Crippen LogP contribution is -1.74. The Labute approximate surface area is 75.3 Å². The molecule has 1 aliphatic carbocycles. The Morgan fingerprint density at radius 2 is 1.25 bits per heavy atom. The minimum absolute atomic E-state index is 0.167. The van der Waals surface area contributed by atoms with Crippen LogP contribution in [-0.4, -0.2) is 19.0 Å². The van der Waals surface area contributed by atoms with Gasteiger partial charge < -0.3 is 9.53 Å². The zero-order valence-electron chi connectivity index (χ0n) is 8.27. The summed E-state index contributed by atoms with van der Waals surface area (Å²) in [5.41, 5.74) is 0. The molecular weight excluding hydrogens is 152 g/mol. The maximum absolute atomic E-state index is 9.44. The van der Waals surface area contributed by atoms with Gasteiger partial charge in [0.25, 0.3) is 0 Å². The van der Waals surface area contributed by atoms with E-state index in [-0.39, 0.29) is 5.78 Å². The van der Waals surface area contributed by atoms with E-state index >= 15 is 0 Å². The highest BCUT2D eigenvalue weighted by molar-refractivity contribution is 5.72. The maximum atomic E-state index is 9.44. The molecule has 1 aliphatic heterocycles. The fourth-order valence-electron chi connectivity index (χ4n) is 0.510. The number of ether oxygens (including phenoxy) is 1. The molecular formula is C10H20O2. The van der Waals surface area contributed by atoms with E-state index in [1.165, 1.54) is 46.0 Å². The molecule has 0 unspecified atom stereocenters. The van der Waals surface area contributed by atoms with Gasteiger partial charge in [-0.25, -0.2) is 0 Å². The Morgan fingerprint density at radius 3 is 1.33 bits per heavy atom. The topological polar surface area (TPSA) is 26.3 Å². The zero-order chi connectivity index (χ0) is 9.23. The predicted molar refractivity (Wildman–Crippen MR) is 50.3 cm³/mol. The summed E-state index contributed by atoms with van der Waals surface area (Å²) in [4.78, 5) is 9.44. The molecule has 0 aromatic rings. The minimum atomic E-state index is 0.167. The summed E-state index contributed by atoms with van der Waals surface area (Å²) < 4.78 is 4.94. The van der Waals surface area contributed by atoms with Crippen LogP contribution in [0, 0.1) is 0 Å². The summed E-state index contributed by atoms with van der Waals surface area (Å²) in [5, 5.41) is 0. The van der Waals surface area contributed by atoms with Crippen molar-refractivity contribution in [3.63, 3.8) is 0 Å². The molecule has 72 valence electrons. The van der Waals surface area contributed by atoms with Gasteiger partial charge in [-0.3, -0.25) is 0 Å². The lowest BCUT2D eigenvalue weighted by Gasteiger charge is -1.76. The summed E-state index contributed by atoms with van der Waals surface area (Å²) in [6.45, 7) is 5.06. The van der Waals surface area contributed by atoms with Crippen LogP contribution >= 0.6 is 0 Å². The van der Waals surface area contributed by atoms with E-state index in [0.29, 0.717) is 0 Å². The fourth-order valence-corrected chi connectivity index (χ4v) is 0.510. The third kappa shape index (κ3) is 22.6. The lowest BCUT2D eigenvalue weighted by molar-refractivity contribution is -0.114. The van der Waals surface area contributed by atoms with Crippen LogP contribution in [0.3, 0.4) is 0 Å². The molecule has 0 N–H and O–H groups in total. The van der Waals surface area contributed by atoms with Crippen LogP contribution in [0.5, 0.6) is 0 Å². The van der Waals surface area contributed by atoms with Gasteiger partial charge >= 0.3 is 0 Å². The molecule has 0 amide bonds. The molecule has 0 aromatic carbocycles. The number of carbonyl (C=O) groups is 1. The number of carbonyl (C=O) groups excluding carboxylic acids is 1. The molecule has 2 nitrogen and oxygen atoms in total. The fraction of sp³-hybridized carbons (Fsp3) is 0.900. The Balaban J connectivity index is 0.000000156. The van der Waals surface area contributed by atoms with Crippen molar-refractivity contribution in [1.29, 1.82) is 0 Å². The summed E-state index contributed by atoms with van der Waals surface area (Å²) in [6, 6.07) is 0. The summed E-state index contributed by atoms with van der Waals surface area (Å²) in [7, 11) is 0. The zero-order valence-corrected chi connectivity index (χ0v) is 8.27. The molecule has 0 bridgehead atoms. The molecule has 0 aromatic heterocycles. The average molecular weight is 172 g/mol. The molecule has 2 fully saturated rings. The first-order valence-corrected chi connectivity index (χ1v) is 4.78. The smallest absolute Gasteiger partial charge is 0.126 e. The van der Waals surface area contributed by atoms with Crippen LogP contribution < -0.4 is 0 Å². The molecule has 2 aliphatic rings. The van der Waals surface area contributed by atoms with Crippen LogP contribution in [0.1, 0.15) is 46.0 Å². The second-order valence-corrected chi connectivity index (χ2v) is 3.29. The van der Waals surface area contributed by atoms with E-state index in [0.717, 1.165) is 13.2 Å². The number of rotatable bonds is 0. The van der Waals surface area contributed by atoms with Crippen molar-refractivity contribution in [3.8, 4) is 0 Å². The van der Waals surface area contributed by atoms with Gasteiger partial charge in [0, 0.05) is 13.2 Å². The van der Waals surface area contributed by atoms with Crippen LogP contribution in [-0.2, 0) is 9.53 Å². The van der Waals surface area contributed by atoms with Crippen molar-refractivity contribution in [2.24, 2.45) is 0 Å². The van der Waals surface area contributed by atoms with Crippen molar-refractivity contribution < 1.29 is 9.53 Å². The monoisotopic (exact) mass is 172 g/mol. The molecule has 1 saturated carbocycles. The second kappa shape index (κ2) is 8.72.